The minimum absolute atomic E-state index is 0.201. The van der Waals surface area contributed by atoms with E-state index in [9.17, 15) is 13.2 Å². The van der Waals surface area contributed by atoms with Crippen LogP contribution in [0, 0.1) is 20.8 Å². The van der Waals surface area contributed by atoms with Gasteiger partial charge < -0.3 is 5.32 Å². The molecule has 0 aliphatic heterocycles. The van der Waals surface area contributed by atoms with Crippen LogP contribution in [0.15, 0.2) is 68.4 Å². The van der Waals surface area contributed by atoms with Gasteiger partial charge in [-0.25, -0.2) is 8.42 Å². The molecule has 0 heterocycles. The van der Waals surface area contributed by atoms with Crippen molar-refractivity contribution in [3.63, 3.8) is 0 Å². The van der Waals surface area contributed by atoms with E-state index >= 15 is 0 Å². The Morgan fingerprint density at radius 2 is 1.40 bits per heavy atom. The summed E-state index contributed by atoms with van der Waals surface area (Å²) in [6.07, 6.45) is 0. The van der Waals surface area contributed by atoms with E-state index in [0.717, 1.165) is 10.0 Å². The van der Waals surface area contributed by atoms with Crippen molar-refractivity contribution in [3.8, 4) is 0 Å². The number of anilines is 2. The zero-order valence-corrected chi connectivity index (χ0v) is 20.6. The molecule has 0 fully saturated rings. The zero-order chi connectivity index (χ0) is 22.1. The van der Waals surface area contributed by atoms with Crippen LogP contribution in [0.2, 0.25) is 0 Å². The molecule has 0 aromatic heterocycles. The molecule has 0 radical (unpaired) electrons. The van der Waals surface area contributed by atoms with E-state index in [1.807, 2.05) is 31.2 Å². The number of amides is 1. The van der Waals surface area contributed by atoms with Crippen molar-refractivity contribution >= 4 is 59.2 Å². The summed E-state index contributed by atoms with van der Waals surface area (Å²) < 4.78 is 30.4. The van der Waals surface area contributed by atoms with Gasteiger partial charge in [-0.3, -0.25) is 9.52 Å². The second-order valence-corrected chi connectivity index (χ2v) is 10.4. The summed E-state index contributed by atoms with van der Waals surface area (Å²) in [7, 11) is -3.89. The number of sulfonamides is 1. The Hall–Kier alpha value is -2.16. The number of hydrogen-bond donors (Lipinski definition) is 2. The number of rotatable bonds is 5. The van der Waals surface area contributed by atoms with Crippen molar-refractivity contribution in [3.05, 3.63) is 85.8 Å². The van der Waals surface area contributed by atoms with Crippen LogP contribution in [0.25, 0.3) is 0 Å². The lowest BCUT2D eigenvalue weighted by atomic mass is 10.1. The number of aryl methyl sites for hydroxylation is 3. The van der Waals surface area contributed by atoms with Crippen LogP contribution in [0.3, 0.4) is 0 Å². The summed E-state index contributed by atoms with van der Waals surface area (Å²) in [5.74, 6) is -0.423. The molecule has 2 N–H and O–H groups in total. The zero-order valence-electron chi connectivity index (χ0n) is 16.6. The Morgan fingerprint density at radius 1 is 0.833 bits per heavy atom. The van der Waals surface area contributed by atoms with Gasteiger partial charge in [-0.05, 0) is 74.4 Å². The molecule has 0 atom stereocenters. The topological polar surface area (TPSA) is 75.3 Å². The fourth-order valence-electron chi connectivity index (χ4n) is 3.31. The lowest BCUT2D eigenvalue weighted by molar-refractivity contribution is 0.102. The first-order valence-corrected chi connectivity index (χ1v) is 12.1. The van der Waals surface area contributed by atoms with Crippen molar-refractivity contribution in [1.29, 1.82) is 0 Å². The van der Waals surface area contributed by atoms with E-state index in [4.69, 9.17) is 0 Å². The highest BCUT2D eigenvalue weighted by Crippen LogP contribution is 2.28. The van der Waals surface area contributed by atoms with Crippen molar-refractivity contribution in [1.82, 2.24) is 0 Å². The van der Waals surface area contributed by atoms with Crippen molar-refractivity contribution in [2.24, 2.45) is 0 Å². The van der Waals surface area contributed by atoms with E-state index < -0.39 is 15.9 Å². The quantitative estimate of drug-likeness (QED) is 0.397. The van der Waals surface area contributed by atoms with E-state index in [0.29, 0.717) is 21.3 Å². The fourth-order valence-corrected chi connectivity index (χ4v) is 5.47. The van der Waals surface area contributed by atoms with Crippen molar-refractivity contribution < 1.29 is 13.2 Å². The van der Waals surface area contributed by atoms with Gasteiger partial charge >= 0.3 is 0 Å². The maximum absolute atomic E-state index is 13.2. The van der Waals surface area contributed by atoms with Crippen molar-refractivity contribution in [2.75, 3.05) is 10.0 Å². The van der Waals surface area contributed by atoms with Crippen LogP contribution in [-0.2, 0) is 10.0 Å². The summed E-state index contributed by atoms with van der Waals surface area (Å²) in [6.45, 7) is 5.44. The normalized spacial score (nSPS) is 11.2. The lowest BCUT2D eigenvalue weighted by Gasteiger charge is -2.16. The number of carbonyl (C=O) groups is 1. The van der Waals surface area contributed by atoms with Gasteiger partial charge in [-0.2, -0.15) is 0 Å². The van der Waals surface area contributed by atoms with Gasteiger partial charge in [0, 0.05) is 14.6 Å². The molecule has 30 heavy (non-hydrogen) atoms. The van der Waals surface area contributed by atoms with Crippen LogP contribution in [0.4, 0.5) is 11.4 Å². The van der Waals surface area contributed by atoms with Crippen LogP contribution in [0.1, 0.15) is 27.0 Å². The van der Waals surface area contributed by atoms with Gasteiger partial charge in [0.15, 0.2) is 0 Å². The van der Waals surface area contributed by atoms with Gasteiger partial charge in [0.1, 0.15) is 0 Å². The monoisotopic (exact) mass is 550 g/mol. The first kappa shape index (κ1) is 22.5. The molecule has 0 bridgehead atoms. The molecular formula is C22H20Br2N2O3S. The predicted molar refractivity (Wildman–Crippen MR) is 128 cm³/mol. The molecule has 0 saturated heterocycles. The Kier molecular flexibility index (Phi) is 6.69. The molecule has 3 aromatic carbocycles. The third kappa shape index (κ3) is 5.11. The summed E-state index contributed by atoms with van der Waals surface area (Å²) in [4.78, 5) is 13.1. The predicted octanol–water partition coefficient (Wildman–Crippen LogP) is 6.19. The SMILES string of the molecule is Cc1cc(C)c(S(=O)(=O)Nc2ccc(Br)cc2C(=O)Nc2ccc(Br)cc2)c(C)c1. The van der Waals surface area contributed by atoms with Gasteiger partial charge in [0.2, 0.25) is 0 Å². The van der Waals surface area contributed by atoms with Gasteiger partial charge in [0.05, 0.1) is 16.1 Å². The molecule has 0 aliphatic rings. The number of hydrogen-bond acceptors (Lipinski definition) is 3. The highest BCUT2D eigenvalue weighted by molar-refractivity contribution is 9.10. The largest absolute Gasteiger partial charge is 0.322 e. The van der Waals surface area contributed by atoms with E-state index in [1.54, 1.807) is 44.2 Å². The van der Waals surface area contributed by atoms with Crippen LogP contribution in [0.5, 0.6) is 0 Å². The molecule has 3 aromatic rings. The summed E-state index contributed by atoms with van der Waals surface area (Å²) in [5.41, 5.74) is 3.30. The first-order valence-electron chi connectivity index (χ1n) is 9.04. The molecule has 0 saturated carbocycles. The number of nitrogens with one attached hydrogen (secondary N) is 2. The fraction of sp³-hybridized carbons (Fsp3) is 0.136. The molecule has 0 spiro atoms. The Bertz CT molecular complexity index is 1200. The van der Waals surface area contributed by atoms with E-state index in [1.165, 1.54) is 0 Å². The van der Waals surface area contributed by atoms with Crippen molar-refractivity contribution in [2.45, 2.75) is 25.7 Å². The summed E-state index contributed by atoms with van der Waals surface area (Å²) in [6, 6.07) is 15.6. The standard InChI is InChI=1S/C22H20Br2N2O3S/c1-13-10-14(2)21(15(3)11-13)30(28,29)26-20-9-6-17(24)12-19(20)22(27)25-18-7-4-16(23)5-8-18/h4-12,26H,1-3H3,(H,25,27). The molecule has 0 aliphatic carbocycles. The smallest absolute Gasteiger partial charge is 0.262 e. The van der Waals surface area contributed by atoms with Crippen LogP contribution in [-0.4, -0.2) is 14.3 Å². The highest BCUT2D eigenvalue weighted by Gasteiger charge is 2.23. The molecule has 156 valence electrons. The number of carbonyl (C=O) groups excluding carboxylic acids is 1. The third-order valence-corrected chi connectivity index (χ3v) is 7.14. The van der Waals surface area contributed by atoms with Gasteiger partial charge in [0.25, 0.3) is 15.9 Å². The Labute approximate surface area is 193 Å². The molecule has 1 amide bonds. The average molecular weight is 552 g/mol. The number of halogens is 2. The molecule has 0 unspecified atom stereocenters. The summed E-state index contributed by atoms with van der Waals surface area (Å²) >= 11 is 6.71. The molecule has 8 heteroatoms. The minimum Gasteiger partial charge on any atom is -0.322 e. The van der Waals surface area contributed by atoms with Crippen LogP contribution >= 0.6 is 31.9 Å². The second kappa shape index (κ2) is 8.91. The van der Waals surface area contributed by atoms with E-state index in [2.05, 4.69) is 41.9 Å². The van der Waals surface area contributed by atoms with Gasteiger partial charge in [-0.15, -0.1) is 0 Å². The minimum atomic E-state index is -3.89. The average Bonchev–Trinajstić information content (AvgIpc) is 2.63. The molecular weight excluding hydrogens is 532 g/mol. The number of benzene rings is 3. The van der Waals surface area contributed by atoms with E-state index in [-0.39, 0.29) is 16.1 Å². The lowest BCUT2D eigenvalue weighted by Crippen LogP contribution is -2.20. The summed E-state index contributed by atoms with van der Waals surface area (Å²) in [5, 5.41) is 2.79. The Morgan fingerprint density at radius 3 is 2.00 bits per heavy atom. The van der Waals surface area contributed by atoms with Gasteiger partial charge in [-0.1, -0.05) is 49.6 Å². The highest BCUT2D eigenvalue weighted by atomic mass is 79.9. The molecule has 5 nitrogen and oxygen atoms in total. The first-order chi connectivity index (χ1) is 14.1. The maximum atomic E-state index is 13.2. The Balaban J connectivity index is 1.97. The maximum Gasteiger partial charge on any atom is 0.262 e. The molecule has 3 rings (SSSR count). The second-order valence-electron chi connectivity index (χ2n) is 6.98. The van der Waals surface area contributed by atoms with Crippen LogP contribution < -0.4 is 10.0 Å². The third-order valence-electron chi connectivity index (χ3n) is 4.45.